The van der Waals surface area contributed by atoms with Crippen molar-refractivity contribution < 1.29 is 17.9 Å². The number of nitrogens with one attached hydrogen (secondary N) is 1. The number of nitrogen functional groups attached to an aromatic ring is 1. The normalized spacial score (nSPS) is 18.9. The molecule has 9 nitrogen and oxygen atoms in total. The molecule has 2 aliphatic rings. The fourth-order valence-corrected chi connectivity index (χ4v) is 7.06. The fraction of sp³-hybridized carbons (Fsp3) is 0.355. The second-order valence-corrected chi connectivity index (χ2v) is 12.7. The van der Waals surface area contributed by atoms with Crippen LogP contribution in [0.4, 0.5) is 10.5 Å². The summed E-state index contributed by atoms with van der Waals surface area (Å²) in [7, 11) is -3.53. The van der Waals surface area contributed by atoms with Gasteiger partial charge in [-0.15, -0.1) is 0 Å². The van der Waals surface area contributed by atoms with Gasteiger partial charge in [0.15, 0.2) is 0 Å². The molecule has 2 saturated heterocycles. The average Bonchev–Trinajstić information content (AvgIpc) is 3.00. The van der Waals surface area contributed by atoms with E-state index in [2.05, 4.69) is 0 Å². The molecule has 0 saturated carbocycles. The maximum Gasteiger partial charge on any atom is 0.324 e. The minimum absolute atomic E-state index is 0.0480. The lowest BCUT2D eigenvalue weighted by Gasteiger charge is -2.42. The molecule has 41 heavy (non-hydrogen) atoms. The van der Waals surface area contributed by atoms with Crippen LogP contribution in [0.3, 0.4) is 0 Å². The first-order valence-corrected chi connectivity index (χ1v) is 15.4. The lowest BCUT2D eigenvalue weighted by molar-refractivity contribution is 0.0661. The molecule has 0 radical (unpaired) electrons. The zero-order valence-corrected chi connectivity index (χ0v) is 23.9. The molecule has 1 unspecified atom stereocenters. The van der Waals surface area contributed by atoms with E-state index in [9.17, 15) is 13.2 Å². The van der Waals surface area contributed by atoms with E-state index < -0.39 is 10.0 Å². The van der Waals surface area contributed by atoms with E-state index in [0.717, 1.165) is 5.56 Å². The van der Waals surface area contributed by atoms with Crippen molar-refractivity contribution in [2.24, 2.45) is 17.6 Å². The van der Waals surface area contributed by atoms with Crippen LogP contribution in [0.1, 0.15) is 24.0 Å². The third-order valence-electron chi connectivity index (χ3n) is 7.79. The lowest BCUT2D eigenvalue weighted by Crippen LogP contribution is -2.56. The van der Waals surface area contributed by atoms with E-state index in [4.69, 9.17) is 15.9 Å². The Morgan fingerprint density at radius 3 is 2.27 bits per heavy atom. The standard InChI is InChI=1S/C31H37N5O4S/c32-30(33)27-10-7-11-28(18-27)36-21-26(23-40-22-25-8-3-1-4-9-25)20-34(31(36)37)19-24-14-16-35(17-15-24)41(38,39)29-12-5-2-6-13-29/h1-13,18,24,26H,14-17,19-23H2,(H3,32,33). The molecule has 0 spiro atoms. The van der Waals surface area contributed by atoms with Crippen LogP contribution < -0.4 is 10.6 Å². The number of carbonyl (C=O) groups is 1. The molecule has 0 bridgehead atoms. The van der Waals surface area contributed by atoms with Crippen LogP contribution in [0.15, 0.2) is 89.8 Å². The third kappa shape index (κ3) is 6.95. The fourth-order valence-electron chi connectivity index (χ4n) is 5.57. The van der Waals surface area contributed by atoms with Crippen molar-refractivity contribution in [2.75, 3.05) is 44.2 Å². The second kappa shape index (κ2) is 12.8. The topological polar surface area (TPSA) is 120 Å². The minimum atomic E-state index is -3.53. The number of sulfonamides is 1. The van der Waals surface area contributed by atoms with E-state index in [1.165, 1.54) is 0 Å². The van der Waals surface area contributed by atoms with Crippen molar-refractivity contribution >= 4 is 27.6 Å². The summed E-state index contributed by atoms with van der Waals surface area (Å²) in [5, 5.41) is 7.83. The highest BCUT2D eigenvalue weighted by molar-refractivity contribution is 7.89. The number of carbonyl (C=O) groups excluding carboxylic acids is 1. The predicted octanol–water partition coefficient (Wildman–Crippen LogP) is 4.15. The summed E-state index contributed by atoms with van der Waals surface area (Å²) in [6.45, 7) is 3.47. The molecule has 5 rings (SSSR count). The van der Waals surface area contributed by atoms with Crippen LogP contribution in [-0.4, -0.2) is 68.8 Å². The van der Waals surface area contributed by atoms with Crippen LogP contribution in [-0.2, 0) is 21.4 Å². The van der Waals surface area contributed by atoms with E-state index >= 15 is 0 Å². The SMILES string of the molecule is N=C(N)c1cccc(N2CC(COCc3ccccc3)CN(CC3CCN(S(=O)(=O)c4ccccc4)CC3)C2=O)c1. The van der Waals surface area contributed by atoms with Crippen molar-refractivity contribution in [3.63, 3.8) is 0 Å². The first-order chi connectivity index (χ1) is 19.8. The Labute approximate surface area is 242 Å². The molecule has 0 aromatic heterocycles. The average molecular weight is 576 g/mol. The van der Waals surface area contributed by atoms with Gasteiger partial charge in [0.05, 0.1) is 18.1 Å². The summed E-state index contributed by atoms with van der Waals surface area (Å²) >= 11 is 0. The minimum Gasteiger partial charge on any atom is -0.384 e. The number of ether oxygens (including phenoxy) is 1. The van der Waals surface area contributed by atoms with Crippen molar-refractivity contribution in [1.29, 1.82) is 5.41 Å². The smallest absolute Gasteiger partial charge is 0.324 e. The molecule has 3 N–H and O–H groups in total. The number of nitrogens with two attached hydrogens (primary N) is 1. The van der Waals surface area contributed by atoms with Gasteiger partial charge >= 0.3 is 6.03 Å². The maximum atomic E-state index is 13.8. The van der Waals surface area contributed by atoms with Gasteiger partial charge in [-0.3, -0.25) is 10.3 Å². The number of benzene rings is 3. The Balaban J connectivity index is 1.26. The number of anilines is 1. The molecule has 1 atom stereocenters. The van der Waals surface area contributed by atoms with E-state index in [0.29, 0.717) is 74.9 Å². The van der Waals surface area contributed by atoms with Crippen LogP contribution in [0.2, 0.25) is 0 Å². The van der Waals surface area contributed by atoms with Crippen molar-refractivity contribution in [2.45, 2.75) is 24.3 Å². The lowest BCUT2D eigenvalue weighted by atomic mass is 9.96. The van der Waals surface area contributed by atoms with Gasteiger partial charge in [-0.2, -0.15) is 4.31 Å². The molecule has 0 aliphatic carbocycles. The summed E-state index contributed by atoms with van der Waals surface area (Å²) in [6.07, 6.45) is 1.37. The summed E-state index contributed by atoms with van der Waals surface area (Å²) in [6, 6.07) is 25.7. The number of urea groups is 1. The van der Waals surface area contributed by atoms with Crippen LogP contribution in [0.5, 0.6) is 0 Å². The number of hydrogen-bond donors (Lipinski definition) is 2. The summed E-state index contributed by atoms with van der Waals surface area (Å²) in [5.74, 6) is 0.222. The molecule has 3 aromatic carbocycles. The number of amidine groups is 1. The molecule has 2 fully saturated rings. The number of piperidine rings is 1. The molecule has 2 aliphatic heterocycles. The van der Waals surface area contributed by atoms with Crippen molar-refractivity contribution in [1.82, 2.24) is 9.21 Å². The Bertz CT molecular complexity index is 1440. The molecule has 3 aromatic rings. The molecule has 2 heterocycles. The van der Waals surface area contributed by atoms with Gasteiger partial charge in [0.25, 0.3) is 0 Å². The summed E-state index contributed by atoms with van der Waals surface area (Å²) in [5.41, 5.74) is 8.09. The first-order valence-electron chi connectivity index (χ1n) is 14.0. The van der Waals surface area contributed by atoms with Gasteiger partial charge in [-0.05, 0) is 48.6 Å². The predicted molar refractivity (Wildman–Crippen MR) is 159 cm³/mol. The van der Waals surface area contributed by atoms with Crippen LogP contribution >= 0.6 is 0 Å². The number of amides is 2. The third-order valence-corrected chi connectivity index (χ3v) is 9.70. The first kappa shape index (κ1) is 28.8. The van der Waals surface area contributed by atoms with E-state index in [1.54, 1.807) is 51.7 Å². The zero-order chi connectivity index (χ0) is 28.8. The van der Waals surface area contributed by atoms with Gasteiger partial charge in [0.1, 0.15) is 5.84 Å². The maximum absolute atomic E-state index is 13.8. The highest BCUT2D eigenvalue weighted by Gasteiger charge is 2.36. The molecule has 216 valence electrons. The number of rotatable bonds is 10. The monoisotopic (exact) mass is 575 g/mol. The quantitative estimate of drug-likeness (QED) is 0.278. The summed E-state index contributed by atoms with van der Waals surface area (Å²) in [4.78, 5) is 17.7. The number of nitrogens with zero attached hydrogens (tertiary/aromatic N) is 3. The van der Waals surface area contributed by atoms with Gasteiger partial charge in [-0.25, -0.2) is 13.2 Å². The Kier molecular flexibility index (Phi) is 9.02. The zero-order valence-electron chi connectivity index (χ0n) is 23.1. The van der Waals surface area contributed by atoms with E-state index in [1.807, 2.05) is 47.4 Å². The van der Waals surface area contributed by atoms with E-state index in [-0.39, 0.29) is 23.7 Å². The Morgan fingerprint density at radius 1 is 0.902 bits per heavy atom. The molecule has 2 amide bonds. The van der Waals surface area contributed by atoms with Gasteiger partial charge in [-0.1, -0.05) is 60.7 Å². The molecular formula is C31H37N5O4S. The Hall–Kier alpha value is -3.73. The largest absolute Gasteiger partial charge is 0.384 e. The number of hydrogen-bond acceptors (Lipinski definition) is 5. The highest BCUT2D eigenvalue weighted by Crippen LogP contribution is 2.28. The summed E-state index contributed by atoms with van der Waals surface area (Å²) < 4.78 is 33.8. The van der Waals surface area contributed by atoms with Crippen molar-refractivity contribution in [3.05, 3.63) is 96.1 Å². The Morgan fingerprint density at radius 2 is 1.59 bits per heavy atom. The van der Waals surface area contributed by atoms with Gasteiger partial charge in [0, 0.05) is 49.9 Å². The second-order valence-electron chi connectivity index (χ2n) is 10.8. The van der Waals surface area contributed by atoms with Gasteiger partial charge < -0.3 is 15.4 Å². The van der Waals surface area contributed by atoms with Crippen LogP contribution in [0, 0.1) is 17.2 Å². The highest BCUT2D eigenvalue weighted by atomic mass is 32.2. The van der Waals surface area contributed by atoms with Crippen molar-refractivity contribution in [3.8, 4) is 0 Å². The molecular weight excluding hydrogens is 538 g/mol. The van der Waals surface area contributed by atoms with Gasteiger partial charge in [0.2, 0.25) is 10.0 Å². The molecule has 10 heteroatoms. The van der Waals surface area contributed by atoms with Crippen LogP contribution in [0.25, 0.3) is 0 Å².